The molecule has 6 rings (SSSR count). The number of halogens is 1. The number of hydrogen-bond acceptors (Lipinski definition) is 2. The molecule has 6 heteroatoms. The van der Waals surface area contributed by atoms with Gasteiger partial charge >= 0.3 is 0 Å². The summed E-state index contributed by atoms with van der Waals surface area (Å²) in [5, 5.41) is 3.74. The highest BCUT2D eigenvalue weighted by atomic mass is 35.5. The summed E-state index contributed by atoms with van der Waals surface area (Å²) < 4.78 is 2.02. The summed E-state index contributed by atoms with van der Waals surface area (Å²) in [5.74, 6) is -0.202. The van der Waals surface area contributed by atoms with Gasteiger partial charge in [-0.15, -0.1) is 0 Å². The summed E-state index contributed by atoms with van der Waals surface area (Å²) in [7, 11) is 0. The van der Waals surface area contributed by atoms with Crippen molar-refractivity contribution >= 4 is 29.1 Å². The fourth-order valence-electron chi connectivity index (χ4n) is 5.77. The fraction of sp³-hybridized carbons (Fsp3) is 0.167. The Morgan fingerprint density at radius 3 is 2.38 bits per heavy atom. The molecule has 0 saturated heterocycles. The van der Waals surface area contributed by atoms with Crippen molar-refractivity contribution in [1.29, 1.82) is 0 Å². The molecule has 0 saturated carbocycles. The molecule has 1 aliphatic rings. The highest BCUT2D eigenvalue weighted by molar-refractivity contribution is 6.30. The average Bonchev–Trinajstić information content (AvgIpc) is 3.30. The number of benzene rings is 4. The second-order valence-corrected chi connectivity index (χ2v) is 11.2. The summed E-state index contributed by atoms with van der Waals surface area (Å²) >= 11 is 6.10. The second-order valence-electron chi connectivity index (χ2n) is 10.8. The molecule has 5 nitrogen and oxygen atoms in total. The number of rotatable bonds is 6. The molecule has 5 aromatic rings. The number of anilines is 1. The lowest BCUT2D eigenvalue weighted by molar-refractivity contribution is 0.0944. The maximum absolute atomic E-state index is 14.1. The van der Waals surface area contributed by atoms with Crippen molar-refractivity contribution in [3.63, 3.8) is 0 Å². The Morgan fingerprint density at radius 1 is 0.786 bits per heavy atom. The average molecular weight is 574 g/mol. The van der Waals surface area contributed by atoms with Crippen LogP contribution >= 0.6 is 11.6 Å². The van der Waals surface area contributed by atoms with Gasteiger partial charge in [-0.25, -0.2) is 0 Å². The molecule has 0 spiro atoms. The number of para-hydroxylation sites is 1. The zero-order valence-electron chi connectivity index (χ0n) is 23.7. The van der Waals surface area contributed by atoms with Crippen LogP contribution < -0.4 is 10.2 Å². The molecule has 0 radical (unpaired) electrons. The lowest BCUT2D eigenvalue weighted by Crippen LogP contribution is -2.31. The van der Waals surface area contributed by atoms with E-state index in [1.807, 2.05) is 100 Å². The van der Waals surface area contributed by atoms with Gasteiger partial charge in [-0.05, 0) is 96.1 Å². The molecule has 2 heterocycles. The van der Waals surface area contributed by atoms with Crippen LogP contribution in [0.5, 0.6) is 0 Å². The maximum atomic E-state index is 14.1. The normalized spacial score (nSPS) is 12.3. The molecule has 1 aromatic heterocycles. The lowest BCUT2D eigenvalue weighted by atomic mass is 9.95. The fourth-order valence-corrected chi connectivity index (χ4v) is 5.99. The van der Waals surface area contributed by atoms with Crippen LogP contribution in [0.15, 0.2) is 103 Å². The SMILES string of the molecule is Cc1ccccc1-c1ccc(C(=O)N2Cc3ccc(C(=O)NCCc4cccc(Cl)c4)n3Cc3ccccc32)cc1C. The van der Waals surface area contributed by atoms with Gasteiger partial charge in [0, 0.05) is 28.5 Å². The minimum atomic E-state index is -0.136. The summed E-state index contributed by atoms with van der Waals surface area (Å²) in [4.78, 5) is 29.2. The number of aryl methyl sites for hydroxylation is 2. The van der Waals surface area contributed by atoms with Gasteiger partial charge in [-0.3, -0.25) is 9.59 Å². The molecule has 4 aromatic carbocycles. The Bertz CT molecular complexity index is 1810. The molecule has 0 fully saturated rings. The predicted molar refractivity (Wildman–Crippen MR) is 169 cm³/mol. The number of nitrogens with one attached hydrogen (secondary N) is 1. The van der Waals surface area contributed by atoms with Crippen molar-refractivity contribution in [2.24, 2.45) is 0 Å². The van der Waals surface area contributed by atoms with Gasteiger partial charge in [0.15, 0.2) is 0 Å². The highest BCUT2D eigenvalue weighted by Crippen LogP contribution is 2.32. The molecule has 0 bridgehead atoms. The van der Waals surface area contributed by atoms with Crippen molar-refractivity contribution in [3.8, 4) is 11.1 Å². The third-order valence-corrected chi connectivity index (χ3v) is 8.21. The standard InChI is InChI=1S/C36H32ClN3O2/c1-24-8-3-5-12-31(24)32-16-14-27(20-25(32)2)36(42)40-23-30-15-17-34(39(30)22-28-10-4-6-13-33(28)40)35(41)38-19-18-26-9-7-11-29(37)21-26/h3-17,20-21H,18-19,22-23H2,1-2H3,(H,38,41). The molecule has 2 amide bonds. The molecule has 0 unspecified atom stereocenters. The van der Waals surface area contributed by atoms with Crippen LogP contribution in [0.1, 0.15) is 48.8 Å². The third-order valence-electron chi connectivity index (χ3n) is 7.98. The van der Waals surface area contributed by atoms with Gasteiger partial charge in [0.2, 0.25) is 0 Å². The number of aromatic nitrogens is 1. The predicted octanol–water partition coefficient (Wildman–Crippen LogP) is 7.61. The Morgan fingerprint density at radius 2 is 1.57 bits per heavy atom. The van der Waals surface area contributed by atoms with E-state index in [-0.39, 0.29) is 11.8 Å². The molecule has 1 aliphatic heterocycles. The monoisotopic (exact) mass is 573 g/mol. The van der Waals surface area contributed by atoms with E-state index in [1.54, 1.807) is 0 Å². The van der Waals surface area contributed by atoms with Gasteiger partial charge in [0.25, 0.3) is 11.8 Å². The number of amides is 2. The van der Waals surface area contributed by atoms with Crippen LogP contribution in [0.3, 0.4) is 0 Å². The molecule has 0 aliphatic carbocycles. The van der Waals surface area contributed by atoms with E-state index in [0.717, 1.165) is 33.6 Å². The number of hydrogen-bond donors (Lipinski definition) is 1. The highest BCUT2D eigenvalue weighted by Gasteiger charge is 2.27. The lowest BCUT2D eigenvalue weighted by Gasteiger charge is -2.23. The Balaban J connectivity index is 1.26. The molecule has 1 N–H and O–H groups in total. The Hall–Kier alpha value is -4.61. The zero-order valence-corrected chi connectivity index (χ0v) is 24.5. The minimum absolute atomic E-state index is 0.0657. The van der Waals surface area contributed by atoms with E-state index in [4.69, 9.17) is 11.6 Å². The Kier molecular flexibility index (Phi) is 7.68. The minimum Gasteiger partial charge on any atom is -0.350 e. The largest absolute Gasteiger partial charge is 0.350 e. The van der Waals surface area contributed by atoms with E-state index < -0.39 is 0 Å². The number of carbonyl (C=O) groups is 2. The maximum Gasteiger partial charge on any atom is 0.267 e. The summed E-state index contributed by atoms with van der Waals surface area (Å²) in [6.45, 7) is 5.52. The number of fused-ring (bicyclic) bond motifs is 2. The quantitative estimate of drug-likeness (QED) is 0.227. The summed E-state index contributed by atoms with van der Waals surface area (Å²) in [6, 6.07) is 33.6. The van der Waals surface area contributed by atoms with E-state index >= 15 is 0 Å². The van der Waals surface area contributed by atoms with Crippen LogP contribution in [0.2, 0.25) is 5.02 Å². The first-order valence-electron chi connectivity index (χ1n) is 14.2. The van der Waals surface area contributed by atoms with Crippen molar-refractivity contribution in [2.75, 3.05) is 11.4 Å². The van der Waals surface area contributed by atoms with Crippen molar-refractivity contribution in [1.82, 2.24) is 9.88 Å². The second kappa shape index (κ2) is 11.7. The van der Waals surface area contributed by atoms with Crippen LogP contribution in [0.25, 0.3) is 11.1 Å². The zero-order chi connectivity index (χ0) is 29.2. The topological polar surface area (TPSA) is 54.3 Å². The van der Waals surface area contributed by atoms with Gasteiger partial charge in [-0.2, -0.15) is 0 Å². The van der Waals surface area contributed by atoms with Gasteiger partial charge in [0.1, 0.15) is 5.69 Å². The number of carbonyl (C=O) groups excluding carboxylic acids is 2. The van der Waals surface area contributed by atoms with Gasteiger partial charge in [-0.1, -0.05) is 72.3 Å². The van der Waals surface area contributed by atoms with Crippen LogP contribution in [-0.2, 0) is 19.5 Å². The third kappa shape index (κ3) is 5.48. The summed E-state index contributed by atoms with van der Waals surface area (Å²) in [5.41, 5.74) is 9.60. The van der Waals surface area contributed by atoms with Crippen LogP contribution in [0.4, 0.5) is 5.69 Å². The Labute approximate surface area is 251 Å². The van der Waals surface area contributed by atoms with Crippen LogP contribution in [-0.4, -0.2) is 22.9 Å². The van der Waals surface area contributed by atoms with Crippen molar-refractivity contribution in [2.45, 2.75) is 33.4 Å². The first-order chi connectivity index (χ1) is 20.4. The van der Waals surface area contributed by atoms with Crippen molar-refractivity contribution in [3.05, 3.63) is 147 Å². The van der Waals surface area contributed by atoms with E-state index in [2.05, 4.69) is 31.3 Å². The van der Waals surface area contributed by atoms with Gasteiger partial charge in [0.05, 0.1) is 13.1 Å². The first kappa shape index (κ1) is 27.6. The van der Waals surface area contributed by atoms with E-state index in [1.165, 1.54) is 11.1 Å². The van der Waals surface area contributed by atoms with E-state index in [9.17, 15) is 9.59 Å². The van der Waals surface area contributed by atoms with Crippen LogP contribution in [0, 0.1) is 13.8 Å². The van der Waals surface area contributed by atoms with Gasteiger partial charge < -0.3 is 14.8 Å². The number of nitrogens with zero attached hydrogens (tertiary/aromatic N) is 2. The summed E-state index contributed by atoms with van der Waals surface area (Å²) in [6.07, 6.45) is 0.688. The molecule has 42 heavy (non-hydrogen) atoms. The molecule has 210 valence electrons. The molecule has 0 atom stereocenters. The smallest absolute Gasteiger partial charge is 0.267 e. The van der Waals surface area contributed by atoms with Crippen molar-refractivity contribution < 1.29 is 9.59 Å². The first-order valence-corrected chi connectivity index (χ1v) is 14.5. The molecular formula is C36H32ClN3O2. The molecular weight excluding hydrogens is 542 g/mol. The van der Waals surface area contributed by atoms with E-state index in [0.29, 0.717) is 42.3 Å².